The lowest BCUT2D eigenvalue weighted by molar-refractivity contribution is -0.114. The fourth-order valence-corrected chi connectivity index (χ4v) is 3.73. The minimum absolute atomic E-state index is 0.0506. The number of rotatable bonds is 8. The Morgan fingerprint density at radius 2 is 1.83 bits per heavy atom. The first-order valence-electron chi connectivity index (χ1n) is 9.34. The SMILES string of the molecule is CCCNC(=O)c1ccccc1NC(=O)CN(c1ccc2c(c1)OCO2)S(C)(=O)=O. The van der Waals surface area contributed by atoms with E-state index < -0.39 is 22.5 Å². The van der Waals surface area contributed by atoms with Gasteiger partial charge in [-0.05, 0) is 30.7 Å². The van der Waals surface area contributed by atoms with E-state index in [1.54, 1.807) is 30.3 Å². The van der Waals surface area contributed by atoms with Crippen LogP contribution < -0.4 is 24.4 Å². The van der Waals surface area contributed by atoms with Crippen LogP contribution in [0.2, 0.25) is 0 Å². The van der Waals surface area contributed by atoms with Crippen molar-refractivity contribution in [3.63, 3.8) is 0 Å². The van der Waals surface area contributed by atoms with Gasteiger partial charge in [-0.2, -0.15) is 0 Å². The Hall–Kier alpha value is -3.27. The monoisotopic (exact) mass is 433 g/mol. The Morgan fingerprint density at radius 3 is 2.57 bits per heavy atom. The van der Waals surface area contributed by atoms with Crippen LogP contribution in [0, 0.1) is 0 Å². The number of benzene rings is 2. The lowest BCUT2D eigenvalue weighted by Gasteiger charge is -2.22. The van der Waals surface area contributed by atoms with Crippen molar-refractivity contribution in [3.05, 3.63) is 48.0 Å². The van der Waals surface area contributed by atoms with Crippen LogP contribution in [0.15, 0.2) is 42.5 Å². The number of hydrogen-bond donors (Lipinski definition) is 2. The van der Waals surface area contributed by atoms with E-state index in [1.807, 2.05) is 6.92 Å². The molecule has 0 bridgehead atoms. The van der Waals surface area contributed by atoms with Gasteiger partial charge >= 0.3 is 0 Å². The highest BCUT2D eigenvalue weighted by molar-refractivity contribution is 7.92. The smallest absolute Gasteiger partial charge is 0.253 e. The van der Waals surface area contributed by atoms with Crippen LogP contribution >= 0.6 is 0 Å². The van der Waals surface area contributed by atoms with Crippen molar-refractivity contribution < 1.29 is 27.5 Å². The lowest BCUT2D eigenvalue weighted by Crippen LogP contribution is -2.37. The molecule has 0 saturated carbocycles. The van der Waals surface area contributed by atoms with E-state index in [2.05, 4.69) is 10.6 Å². The van der Waals surface area contributed by atoms with Crippen molar-refractivity contribution >= 4 is 33.2 Å². The van der Waals surface area contributed by atoms with E-state index in [-0.39, 0.29) is 18.4 Å². The van der Waals surface area contributed by atoms with Gasteiger partial charge in [-0.15, -0.1) is 0 Å². The molecule has 1 heterocycles. The number of fused-ring (bicyclic) bond motifs is 1. The van der Waals surface area contributed by atoms with Crippen molar-refractivity contribution in [1.29, 1.82) is 0 Å². The zero-order valence-corrected chi connectivity index (χ0v) is 17.5. The standard InChI is InChI=1S/C20H23N3O6S/c1-3-10-21-20(25)15-6-4-5-7-16(15)22-19(24)12-23(30(2,26)27)14-8-9-17-18(11-14)29-13-28-17/h4-9,11H,3,10,12-13H2,1-2H3,(H,21,25)(H,22,24). The third-order valence-electron chi connectivity index (χ3n) is 4.31. The number of carbonyl (C=O) groups excluding carboxylic acids is 2. The van der Waals surface area contributed by atoms with Gasteiger partial charge < -0.3 is 20.1 Å². The Balaban J connectivity index is 1.79. The molecule has 10 heteroatoms. The summed E-state index contributed by atoms with van der Waals surface area (Å²) in [5, 5.41) is 5.39. The molecule has 1 aliphatic rings. The molecule has 0 fully saturated rings. The average molecular weight is 433 g/mol. The Labute approximate surface area is 175 Å². The molecule has 1 aliphatic heterocycles. The van der Waals surface area contributed by atoms with Crippen LogP contribution in [0.4, 0.5) is 11.4 Å². The number of amides is 2. The predicted molar refractivity (Wildman–Crippen MR) is 112 cm³/mol. The number of carbonyl (C=O) groups is 2. The second-order valence-corrected chi connectivity index (χ2v) is 8.56. The molecule has 2 amide bonds. The van der Waals surface area contributed by atoms with Crippen molar-refractivity contribution in [1.82, 2.24) is 5.32 Å². The number of nitrogens with one attached hydrogen (secondary N) is 2. The van der Waals surface area contributed by atoms with E-state index in [9.17, 15) is 18.0 Å². The molecule has 2 N–H and O–H groups in total. The molecule has 0 aromatic heterocycles. The summed E-state index contributed by atoms with van der Waals surface area (Å²) in [6.07, 6.45) is 1.79. The second kappa shape index (κ2) is 9.04. The third kappa shape index (κ3) is 5.01. The van der Waals surface area contributed by atoms with E-state index in [4.69, 9.17) is 9.47 Å². The molecule has 3 rings (SSSR count). The minimum atomic E-state index is -3.76. The van der Waals surface area contributed by atoms with Crippen LogP contribution in [0.25, 0.3) is 0 Å². The number of sulfonamides is 1. The van der Waals surface area contributed by atoms with Crippen LogP contribution in [-0.2, 0) is 14.8 Å². The molecule has 0 aliphatic carbocycles. The van der Waals surface area contributed by atoms with Gasteiger partial charge in [0.15, 0.2) is 11.5 Å². The number of anilines is 2. The van der Waals surface area contributed by atoms with Crippen LogP contribution in [-0.4, -0.2) is 46.4 Å². The fourth-order valence-electron chi connectivity index (χ4n) is 2.88. The lowest BCUT2D eigenvalue weighted by atomic mass is 10.1. The molecule has 9 nitrogen and oxygen atoms in total. The van der Waals surface area contributed by atoms with Gasteiger partial charge in [0.1, 0.15) is 6.54 Å². The highest BCUT2D eigenvalue weighted by atomic mass is 32.2. The first kappa shape index (κ1) is 21.4. The van der Waals surface area contributed by atoms with Crippen LogP contribution in [0.5, 0.6) is 11.5 Å². The fraction of sp³-hybridized carbons (Fsp3) is 0.300. The quantitative estimate of drug-likeness (QED) is 0.658. The van der Waals surface area contributed by atoms with Gasteiger partial charge in [0.2, 0.25) is 22.7 Å². The minimum Gasteiger partial charge on any atom is -0.454 e. The molecular formula is C20H23N3O6S. The molecule has 160 valence electrons. The van der Waals surface area contributed by atoms with Gasteiger partial charge in [-0.25, -0.2) is 8.42 Å². The summed E-state index contributed by atoms with van der Waals surface area (Å²) in [6.45, 7) is 2.02. The molecule has 0 saturated heterocycles. The summed E-state index contributed by atoms with van der Waals surface area (Å²) in [5.41, 5.74) is 0.870. The van der Waals surface area contributed by atoms with Crippen LogP contribution in [0.3, 0.4) is 0 Å². The maximum atomic E-state index is 12.7. The van der Waals surface area contributed by atoms with E-state index in [0.29, 0.717) is 29.3 Å². The molecule has 0 atom stereocenters. The zero-order chi connectivity index (χ0) is 21.7. The van der Waals surface area contributed by atoms with Crippen molar-refractivity contribution in [3.8, 4) is 11.5 Å². The highest BCUT2D eigenvalue weighted by Crippen LogP contribution is 2.36. The number of para-hydroxylation sites is 1. The van der Waals surface area contributed by atoms with Gasteiger partial charge in [0, 0.05) is 12.6 Å². The van der Waals surface area contributed by atoms with Gasteiger partial charge in [-0.1, -0.05) is 19.1 Å². The van der Waals surface area contributed by atoms with Crippen molar-refractivity contribution in [2.24, 2.45) is 0 Å². The largest absolute Gasteiger partial charge is 0.454 e. The third-order valence-corrected chi connectivity index (χ3v) is 5.45. The van der Waals surface area contributed by atoms with Gasteiger partial charge in [0.25, 0.3) is 5.91 Å². The van der Waals surface area contributed by atoms with Crippen molar-refractivity contribution in [2.45, 2.75) is 13.3 Å². The van der Waals surface area contributed by atoms with E-state index in [1.165, 1.54) is 12.1 Å². The molecule has 2 aromatic rings. The van der Waals surface area contributed by atoms with Gasteiger partial charge in [-0.3, -0.25) is 13.9 Å². The summed E-state index contributed by atoms with van der Waals surface area (Å²) in [6, 6.07) is 11.2. The maximum Gasteiger partial charge on any atom is 0.253 e. The second-order valence-electron chi connectivity index (χ2n) is 6.66. The number of hydrogen-bond acceptors (Lipinski definition) is 6. The summed E-state index contributed by atoms with van der Waals surface area (Å²) >= 11 is 0. The van der Waals surface area contributed by atoms with Crippen molar-refractivity contribution in [2.75, 3.05) is 35.8 Å². The predicted octanol–water partition coefficient (Wildman–Crippen LogP) is 1.96. The molecule has 0 unspecified atom stereocenters. The van der Waals surface area contributed by atoms with Crippen LogP contribution in [0.1, 0.15) is 23.7 Å². The Kier molecular flexibility index (Phi) is 6.46. The summed E-state index contributed by atoms with van der Waals surface area (Å²) in [5.74, 6) is 0.000457. The topological polar surface area (TPSA) is 114 Å². The van der Waals surface area contributed by atoms with Gasteiger partial charge in [0.05, 0.1) is 23.2 Å². The molecule has 0 radical (unpaired) electrons. The first-order chi connectivity index (χ1) is 14.3. The molecule has 2 aromatic carbocycles. The number of nitrogens with zero attached hydrogens (tertiary/aromatic N) is 1. The zero-order valence-electron chi connectivity index (χ0n) is 16.7. The molecular weight excluding hydrogens is 410 g/mol. The summed E-state index contributed by atoms with van der Waals surface area (Å²) < 4.78 is 36.1. The maximum absolute atomic E-state index is 12.7. The first-order valence-corrected chi connectivity index (χ1v) is 11.2. The summed E-state index contributed by atoms with van der Waals surface area (Å²) in [7, 11) is -3.76. The average Bonchev–Trinajstić information content (AvgIpc) is 3.17. The molecule has 30 heavy (non-hydrogen) atoms. The number of ether oxygens (including phenoxy) is 2. The Bertz CT molecular complexity index is 1050. The highest BCUT2D eigenvalue weighted by Gasteiger charge is 2.24. The molecule has 0 spiro atoms. The normalized spacial score (nSPS) is 12.3. The van der Waals surface area contributed by atoms with E-state index in [0.717, 1.165) is 17.0 Å². The van der Waals surface area contributed by atoms with E-state index >= 15 is 0 Å². The summed E-state index contributed by atoms with van der Waals surface area (Å²) in [4.78, 5) is 25.0. The Morgan fingerprint density at radius 1 is 1.10 bits per heavy atom.